The summed E-state index contributed by atoms with van der Waals surface area (Å²) < 4.78 is 1.58. The molecular weight excluding hydrogens is 486 g/mol. The summed E-state index contributed by atoms with van der Waals surface area (Å²) in [5.74, 6) is 0.784. The van der Waals surface area contributed by atoms with Crippen LogP contribution < -0.4 is 10.5 Å². The standard InChI is InChI=1S/C22H29N5O2.C10H20/c1-16(2)17(3)13-19(23-4)20-14-22(29)27-15-18(5-6-21(27)24-20)26-9-7-25(8-10-26)11-12-28;1-5-7-8-10(4)9(3)6-2/h5-6,13-15,28H,1,7-12H2,2-4H3;8-9H,5-7H2,1-4H3/b17-13+,23-19?;10-8-. The maximum absolute atomic E-state index is 12.8. The Kier molecular flexibility index (Phi) is 13.3. The number of aliphatic imine (C=N–C) groups is 1. The van der Waals surface area contributed by atoms with E-state index in [2.05, 4.69) is 60.1 Å². The van der Waals surface area contributed by atoms with Gasteiger partial charge in [-0.15, -0.1) is 0 Å². The van der Waals surface area contributed by atoms with Crippen molar-refractivity contribution in [2.24, 2.45) is 10.9 Å². The molecule has 1 N–H and O–H groups in total. The maximum atomic E-state index is 12.8. The van der Waals surface area contributed by atoms with Crippen molar-refractivity contribution in [2.45, 2.75) is 60.8 Å². The van der Waals surface area contributed by atoms with E-state index in [-0.39, 0.29) is 12.2 Å². The van der Waals surface area contributed by atoms with Crippen LogP contribution in [0, 0.1) is 5.92 Å². The molecule has 2 aromatic rings. The average Bonchev–Trinajstić information content (AvgIpc) is 2.94. The third kappa shape index (κ3) is 9.59. The van der Waals surface area contributed by atoms with Crippen molar-refractivity contribution in [3.63, 3.8) is 0 Å². The summed E-state index contributed by atoms with van der Waals surface area (Å²) in [5.41, 5.74) is 6.20. The second-order valence-corrected chi connectivity index (χ2v) is 10.4. The largest absolute Gasteiger partial charge is 0.395 e. The van der Waals surface area contributed by atoms with E-state index in [9.17, 15) is 4.79 Å². The van der Waals surface area contributed by atoms with Crippen molar-refractivity contribution in [2.75, 3.05) is 51.3 Å². The SMILES string of the molecule is C=C(C)/C(C)=C/C(=NC)c1cc(=O)n2cc(N3CCN(CCO)CC3)ccc2n1.CCC/C=C(/C)C(C)CC. The quantitative estimate of drug-likeness (QED) is 0.246. The number of aromatic nitrogens is 2. The number of unbranched alkanes of at least 4 members (excludes halogenated alkanes) is 1. The number of nitrogens with zero attached hydrogens (tertiary/aromatic N) is 5. The highest BCUT2D eigenvalue weighted by Crippen LogP contribution is 2.17. The molecule has 0 aliphatic carbocycles. The van der Waals surface area contributed by atoms with E-state index in [0.29, 0.717) is 23.6 Å². The molecule has 39 heavy (non-hydrogen) atoms. The molecule has 1 atom stereocenters. The van der Waals surface area contributed by atoms with Crippen LogP contribution in [0.4, 0.5) is 5.69 Å². The van der Waals surface area contributed by atoms with E-state index in [1.165, 1.54) is 25.3 Å². The summed E-state index contributed by atoms with van der Waals surface area (Å²) in [6.45, 7) is 21.3. The molecule has 214 valence electrons. The number of fused-ring (bicyclic) bond motifs is 1. The van der Waals surface area contributed by atoms with Crippen LogP contribution >= 0.6 is 0 Å². The van der Waals surface area contributed by atoms with Crippen molar-refractivity contribution in [1.82, 2.24) is 14.3 Å². The lowest BCUT2D eigenvalue weighted by molar-refractivity contribution is 0.189. The highest BCUT2D eigenvalue weighted by Gasteiger charge is 2.17. The molecule has 7 nitrogen and oxygen atoms in total. The fourth-order valence-corrected chi connectivity index (χ4v) is 4.26. The van der Waals surface area contributed by atoms with Crippen molar-refractivity contribution >= 4 is 17.0 Å². The second-order valence-electron chi connectivity index (χ2n) is 10.4. The molecule has 0 bridgehead atoms. The normalized spacial score (nSPS) is 16.2. The predicted molar refractivity (Wildman–Crippen MR) is 166 cm³/mol. The van der Waals surface area contributed by atoms with Crippen molar-refractivity contribution in [3.8, 4) is 0 Å². The number of aliphatic hydroxyl groups is 1. The van der Waals surface area contributed by atoms with Crippen LogP contribution in [-0.4, -0.2) is 71.5 Å². The van der Waals surface area contributed by atoms with E-state index >= 15 is 0 Å². The summed E-state index contributed by atoms with van der Waals surface area (Å²) in [7, 11) is 1.70. The highest BCUT2D eigenvalue weighted by molar-refractivity contribution is 6.08. The topological polar surface area (TPSA) is 73.4 Å². The Labute approximate surface area is 235 Å². The van der Waals surface area contributed by atoms with E-state index < -0.39 is 0 Å². The second kappa shape index (κ2) is 16.2. The Morgan fingerprint density at radius 1 is 1.18 bits per heavy atom. The monoisotopic (exact) mass is 535 g/mol. The molecule has 0 aromatic carbocycles. The Morgan fingerprint density at radius 3 is 2.44 bits per heavy atom. The minimum Gasteiger partial charge on any atom is -0.395 e. The molecule has 1 fully saturated rings. The number of piperazine rings is 1. The van der Waals surface area contributed by atoms with E-state index in [0.717, 1.165) is 48.9 Å². The first-order chi connectivity index (χ1) is 18.6. The van der Waals surface area contributed by atoms with Gasteiger partial charge in [-0.2, -0.15) is 0 Å². The summed E-state index contributed by atoms with van der Waals surface area (Å²) in [6.07, 6.45) is 9.92. The van der Waals surface area contributed by atoms with Gasteiger partial charge < -0.3 is 10.0 Å². The number of β-amino-alcohol motifs (C(OH)–C–C–N with tert-alkyl or cyclic N) is 1. The lowest BCUT2D eigenvalue weighted by Crippen LogP contribution is -2.47. The van der Waals surface area contributed by atoms with Gasteiger partial charge in [-0.25, -0.2) is 4.98 Å². The van der Waals surface area contributed by atoms with E-state index in [4.69, 9.17) is 5.11 Å². The van der Waals surface area contributed by atoms with Gasteiger partial charge in [0, 0.05) is 52.0 Å². The van der Waals surface area contributed by atoms with E-state index in [1.54, 1.807) is 17.0 Å². The first kappa shape index (κ1) is 32.2. The summed E-state index contributed by atoms with van der Waals surface area (Å²) in [5, 5.41) is 9.09. The van der Waals surface area contributed by atoms with Crippen LogP contribution in [0.25, 0.3) is 5.65 Å². The Balaban J connectivity index is 0.000000455. The predicted octanol–water partition coefficient (Wildman–Crippen LogP) is 5.53. The van der Waals surface area contributed by atoms with Gasteiger partial charge >= 0.3 is 0 Å². The molecule has 1 aliphatic heterocycles. The highest BCUT2D eigenvalue weighted by atomic mass is 16.3. The van der Waals surface area contributed by atoms with Crippen LogP contribution in [0.3, 0.4) is 0 Å². The molecule has 2 aromatic heterocycles. The molecule has 7 heteroatoms. The smallest absolute Gasteiger partial charge is 0.258 e. The Bertz CT molecular complexity index is 1230. The van der Waals surface area contributed by atoms with Crippen LogP contribution in [0.5, 0.6) is 0 Å². The van der Waals surface area contributed by atoms with Gasteiger partial charge in [0.2, 0.25) is 0 Å². The molecular formula is C32H49N5O2. The van der Waals surface area contributed by atoms with Crippen molar-refractivity contribution in [1.29, 1.82) is 0 Å². The number of aliphatic hydroxyl groups excluding tert-OH is 1. The average molecular weight is 536 g/mol. The summed E-state index contributed by atoms with van der Waals surface area (Å²) in [6, 6.07) is 5.41. The molecule has 1 aliphatic rings. The number of hydrogen-bond acceptors (Lipinski definition) is 6. The zero-order valence-corrected chi connectivity index (χ0v) is 25.2. The van der Waals surface area contributed by atoms with Crippen molar-refractivity contribution in [3.05, 3.63) is 75.9 Å². The van der Waals surface area contributed by atoms with Crippen LogP contribution in [-0.2, 0) is 0 Å². The van der Waals surface area contributed by atoms with Gasteiger partial charge in [-0.1, -0.05) is 51.0 Å². The Morgan fingerprint density at radius 2 is 1.87 bits per heavy atom. The molecule has 0 spiro atoms. The third-order valence-electron chi connectivity index (χ3n) is 7.47. The molecule has 1 saturated heterocycles. The fraction of sp³-hybridized carbons (Fsp3) is 0.531. The van der Waals surface area contributed by atoms with Crippen LogP contribution in [0.1, 0.15) is 66.5 Å². The van der Waals surface area contributed by atoms with Crippen molar-refractivity contribution < 1.29 is 5.11 Å². The molecule has 3 heterocycles. The lowest BCUT2D eigenvalue weighted by Gasteiger charge is -2.35. The van der Waals surface area contributed by atoms with Gasteiger partial charge in [-0.05, 0) is 63.3 Å². The molecule has 0 radical (unpaired) electrons. The summed E-state index contributed by atoms with van der Waals surface area (Å²) >= 11 is 0. The van der Waals surface area contributed by atoms with E-state index in [1.807, 2.05) is 38.3 Å². The Hall–Kier alpha value is -3.03. The molecule has 3 rings (SSSR count). The number of anilines is 1. The van der Waals surface area contributed by atoms with Gasteiger partial charge in [0.05, 0.1) is 23.7 Å². The van der Waals surface area contributed by atoms with Gasteiger partial charge in [0.15, 0.2) is 0 Å². The number of allylic oxidation sites excluding steroid dienone is 5. The number of rotatable bonds is 10. The minimum absolute atomic E-state index is 0.131. The zero-order chi connectivity index (χ0) is 28.9. The third-order valence-corrected chi connectivity index (χ3v) is 7.47. The zero-order valence-electron chi connectivity index (χ0n) is 25.2. The van der Waals surface area contributed by atoms with Crippen LogP contribution in [0.15, 0.2) is 69.6 Å². The van der Waals surface area contributed by atoms with Gasteiger partial charge in [0.25, 0.3) is 5.56 Å². The molecule has 0 amide bonds. The van der Waals surface area contributed by atoms with Gasteiger partial charge in [-0.3, -0.25) is 19.1 Å². The fourth-order valence-electron chi connectivity index (χ4n) is 4.26. The number of hydrogen-bond donors (Lipinski definition) is 1. The first-order valence-corrected chi connectivity index (χ1v) is 14.2. The first-order valence-electron chi connectivity index (χ1n) is 14.2. The minimum atomic E-state index is -0.131. The lowest BCUT2D eigenvalue weighted by atomic mass is 9.99. The summed E-state index contributed by atoms with van der Waals surface area (Å²) in [4.78, 5) is 26.2. The molecule has 1 unspecified atom stereocenters. The van der Waals surface area contributed by atoms with Gasteiger partial charge in [0.1, 0.15) is 5.65 Å². The molecule has 0 saturated carbocycles. The number of pyridine rings is 1. The maximum Gasteiger partial charge on any atom is 0.258 e. The van der Waals surface area contributed by atoms with Crippen LogP contribution in [0.2, 0.25) is 0 Å².